The second-order valence-corrected chi connectivity index (χ2v) is 11.4. The van der Waals surface area contributed by atoms with Crippen molar-refractivity contribution in [3.8, 4) is 28.5 Å². The SMILES string of the molecule is N#Cc1c(NC(=O)COC(=O)c2cccc(S(=O)(=O)N3CCCCC3)c2)oc(-c2ccccc2)c1-c1ccccc1. The number of piperidine rings is 1. The van der Waals surface area contributed by atoms with Crippen molar-refractivity contribution < 1.29 is 27.2 Å². The largest absolute Gasteiger partial charge is 0.452 e. The zero-order chi connectivity index (χ0) is 28.8. The fourth-order valence-corrected chi connectivity index (χ4v) is 6.28. The van der Waals surface area contributed by atoms with Crippen LogP contribution >= 0.6 is 0 Å². The number of nitriles is 1. The maximum Gasteiger partial charge on any atom is 0.338 e. The van der Waals surface area contributed by atoms with Gasteiger partial charge in [0.25, 0.3) is 5.91 Å². The molecule has 2 heterocycles. The van der Waals surface area contributed by atoms with Crippen LogP contribution in [0.4, 0.5) is 5.88 Å². The topological polar surface area (TPSA) is 130 Å². The summed E-state index contributed by atoms with van der Waals surface area (Å²) >= 11 is 0. The highest BCUT2D eigenvalue weighted by molar-refractivity contribution is 7.89. The third-order valence-corrected chi connectivity index (χ3v) is 8.62. The van der Waals surface area contributed by atoms with Gasteiger partial charge in [-0.3, -0.25) is 10.1 Å². The molecule has 0 unspecified atom stereocenters. The number of esters is 1. The molecule has 0 saturated carbocycles. The van der Waals surface area contributed by atoms with Crippen molar-refractivity contribution in [2.24, 2.45) is 0 Å². The van der Waals surface area contributed by atoms with Crippen LogP contribution in [0.2, 0.25) is 0 Å². The minimum atomic E-state index is -3.74. The Labute approximate surface area is 238 Å². The molecule has 1 saturated heterocycles. The van der Waals surface area contributed by atoms with E-state index in [0.29, 0.717) is 30.0 Å². The van der Waals surface area contributed by atoms with Gasteiger partial charge in [-0.25, -0.2) is 13.2 Å². The normalized spacial score (nSPS) is 13.7. The molecule has 1 aliphatic rings. The molecular formula is C31H27N3O6S. The molecule has 0 aliphatic carbocycles. The van der Waals surface area contributed by atoms with Gasteiger partial charge in [-0.1, -0.05) is 73.2 Å². The van der Waals surface area contributed by atoms with E-state index in [1.165, 1.54) is 28.6 Å². The standard InChI is InChI=1S/C31H27N3O6S/c32-20-26-28(22-11-4-1-5-12-22)29(23-13-6-2-7-14-23)40-30(26)33-27(35)21-39-31(36)24-15-10-16-25(19-24)41(37,38)34-17-8-3-9-18-34/h1-2,4-7,10-16,19H,3,8-9,17-18,21H2,(H,33,35). The van der Waals surface area contributed by atoms with Crippen LogP contribution in [0.25, 0.3) is 22.5 Å². The van der Waals surface area contributed by atoms with Crippen LogP contribution in [-0.4, -0.2) is 44.3 Å². The first-order valence-electron chi connectivity index (χ1n) is 13.1. The Morgan fingerprint density at radius 2 is 1.56 bits per heavy atom. The molecule has 1 N–H and O–H groups in total. The Morgan fingerprint density at radius 3 is 2.22 bits per heavy atom. The summed E-state index contributed by atoms with van der Waals surface area (Å²) in [5.41, 5.74) is 2.11. The lowest BCUT2D eigenvalue weighted by Crippen LogP contribution is -2.35. The van der Waals surface area contributed by atoms with E-state index in [1.807, 2.05) is 60.7 Å². The Bertz CT molecular complexity index is 1700. The minimum Gasteiger partial charge on any atom is -0.452 e. The number of nitrogens with one attached hydrogen (secondary N) is 1. The number of sulfonamides is 1. The van der Waals surface area contributed by atoms with Crippen LogP contribution in [-0.2, 0) is 19.6 Å². The molecule has 41 heavy (non-hydrogen) atoms. The molecule has 1 aromatic heterocycles. The van der Waals surface area contributed by atoms with Gasteiger partial charge < -0.3 is 9.15 Å². The van der Waals surface area contributed by atoms with Crippen molar-refractivity contribution in [1.82, 2.24) is 4.31 Å². The van der Waals surface area contributed by atoms with E-state index in [0.717, 1.165) is 24.8 Å². The summed E-state index contributed by atoms with van der Waals surface area (Å²) in [5, 5.41) is 12.5. The zero-order valence-electron chi connectivity index (χ0n) is 22.1. The third-order valence-electron chi connectivity index (χ3n) is 6.73. The molecule has 1 amide bonds. The lowest BCUT2D eigenvalue weighted by atomic mass is 9.98. The number of rotatable bonds is 8. The molecular weight excluding hydrogens is 542 g/mol. The first-order chi connectivity index (χ1) is 19.9. The van der Waals surface area contributed by atoms with Crippen LogP contribution in [0.1, 0.15) is 35.2 Å². The van der Waals surface area contributed by atoms with Crippen molar-refractivity contribution >= 4 is 27.8 Å². The van der Waals surface area contributed by atoms with Crippen LogP contribution in [0, 0.1) is 11.3 Å². The van der Waals surface area contributed by atoms with Crippen molar-refractivity contribution in [3.63, 3.8) is 0 Å². The Hall–Kier alpha value is -4.72. The summed E-state index contributed by atoms with van der Waals surface area (Å²) in [6, 6.07) is 26.1. The summed E-state index contributed by atoms with van der Waals surface area (Å²) in [6.45, 7) is 0.202. The van der Waals surface area contributed by atoms with E-state index in [-0.39, 0.29) is 21.9 Å². The van der Waals surface area contributed by atoms with E-state index >= 15 is 0 Å². The van der Waals surface area contributed by atoms with Crippen LogP contribution in [0.5, 0.6) is 0 Å². The average Bonchev–Trinajstić information content (AvgIpc) is 3.39. The molecule has 5 rings (SSSR count). The van der Waals surface area contributed by atoms with Gasteiger partial charge in [0, 0.05) is 24.2 Å². The lowest BCUT2D eigenvalue weighted by molar-refractivity contribution is -0.119. The summed E-state index contributed by atoms with van der Waals surface area (Å²) in [4.78, 5) is 25.5. The van der Waals surface area contributed by atoms with Crippen molar-refractivity contribution in [1.29, 1.82) is 5.26 Å². The summed E-state index contributed by atoms with van der Waals surface area (Å²) < 4.78 is 38.6. The monoisotopic (exact) mass is 569 g/mol. The lowest BCUT2D eigenvalue weighted by Gasteiger charge is -2.25. The van der Waals surface area contributed by atoms with Crippen LogP contribution < -0.4 is 5.32 Å². The number of furan rings is 1. The van der Waals surface area contributed by atoms with Gasteiger partial charge in [0.05, 0.1) is 10.5 Å². The van der Waals surface area contributed by atoms with Gasteiger partial charge in [0.15, 0.2) is 6.61 Å². The molecule has 1 fully saturated rings. The number of anilines is 1. The molecule has 0 bridgehead atoms. The van der Waals surface area contributed by atoms with E-state index in [2.05, 4.69) is 11.4 Å². The second kappa shape index (κ2) is 12.2. The third kappa shape index (κ3) is 6.06. The highest BCUT2D eigenvalue weighted by atomic mass is 32.2. The number of benzene rings is 3. The maximum atomic E-state index is 13.0. The number of carbonyl (C=O) groups excluding carboxylic acids is 2. The predicted octanol–water partition coefficient (Wildman–Crippen LogP) is 5.46. The van der Waals surface area contributed by atoms with E-state index in [9.17, 15) is 23.3 Å². The van der Waals surface area contributed by atoms with Crippen molar-refractivity contribution in [3.05, 3.63) is 96.1 Å². The fraction of sp³-hybridized carbons (Fsp3) is 0.194. The number of hydrogen-bond donors (Lipinski definition) is 1. The maximum absolute atomic E-state index is 13.0. The molecule has 0 atom stereocenters. The van der Waals surface area contributed by atoms with Gasteiger partial charge >= 0.3 is 5.97 Å². The van der Waals surface area contributed by atoms with Crippen LogP contribution in [0.15, 0.2) is 94.2 Å². The Morgan fingerprint density at radius 1 is 0.902 bits per heavy atom. The smallest absolute Gasteiger partial charge is 0.338 e. The minimum absolute atomic E-state index is 0.00400. The first-order valence-corrected chi connectivity index (χ1v) is 14.6. The number of ether oxygens (including phenoxy) is 1. The van der Waals surface area contributed by atoms with E-state index in [1.54, 1.807) is 0 Å². The van der Waals surface area contributed by atoms with Gasteiger partial charge in [-0.15, -0.1) is 0 Å². The number of carbonyl (C=O) groups is 2. The van der Waals surface area contributed by atoms with Crippen molar-refractivity contribution in [2.45, 2.75) is 24.2 Å². The van der Waals surface area contributed by atoms with E-state index < -0.39 is 28.5 Å². The number of nitrogens with zero attached hydrogens (tertiary/aromatic N) is 2. The Kier molecular flexibility index (Phi) is 8.29. The van der Waals surface area contributed by atoms with Gasteiger partial charge in [-0.2, -0.15) is 9.57 Å². The highest BCUT2D eigenvalue weighted by Gasteiger charge is 2.27. The molecule has 10 heteroatoms. The first kappa shape index (κ1) is 27.8. The highest BCUT2D eigenvalue weighted by Crippen LogP contribution is 2.41. The summed E-state index contributed by atoms with van der Waals surface area (Å²) in [6.07, 6.45) is 2.56. The molecule has 9 nitrogen and oxygen atoms in total. The molecule has 3 aromatic carbocycles. The summed E-state index contributed by atoms with van der Waals surface area (Å²) in [7, 11) is -3.74. The van der Waals surface area contributed by atoms with Crippen molar-refractivity contribution in [2.75, 3.05) is 25.0 Å². The van der Waals surface area contributed by atoms with Gasteiger partial charge in [0.2, 0.25) is 15.9 Å². The quantitative estimate of drug-likeness (QED) is 0.279. The number of hydrogen-bond acceptors (Lipinski definition) is 7. The molecule has 0 radical (unpaired) electrons. The van der Waals surface area contributed by atoms with E-state index in [4.69, 9.17) is 9.15 Å². The fourth-order valence-electron chi connectivity index (χ4n) is 4.71. The predicted molar refractivity (Wildman–Crippen MR) is 152 cm³/mol. The van der Waals surface area contributed by atoms with Crippen LogP contribution in [0.3, 0.4) is 0 Å². The van der Waals surface area contributed by atoms with Gasteiger partial charge in [-0.05, 0) is 36.6 Å². The number of amides is 1. The molecule has 0 spiro atoms. The molecule has 1 aliphatic heterocycles. The summed E-state index contributed by atoms with van der Waals surface area (Å²) in [5.74, 6) is -1.24. The van der Waals surface area contributed by atoms with Gasteiger partial charge in [0.1, 0.15) is 17.4 Å². The molecule has 208 valence electrons. The molecule has 4 aromatic rings. The Balaban J connectivity index is 1.32. The average molecular weight is 570 g/mol. The second-order valence-electron chi connectivity index (χ2n) is 9.47. The zero-order valence-corrected chi connectivity index (χ0v) is 22.9.